The van der Waals surface area contributed by atoms with Crippen molar-refractivity contribution in [1.82, 2.24) is 10.2 Å². The van der Waals surface area contributed by atoms with Gasteiger partial charge in [0.25, 0.3) is 0 Å². The molecule has 3 heteroatoms. The maximum absolute atomic E-state index is 12.1. The Morgan fingerprint density at radius 3 is 2.36 bits per heavy atom. The Balaban J connectivity index is 1.46. The number of piperidine rings is 1. The second kappa shape index (κ2) is 8.82. The van der Waals surface area contributed by atoms with Gasteiger partial charge in [-0.1, -0.05) is 55.0 Å². The number of benzene rings is 2. The van der Waals surface area contributed by atoms with E-state index in [1.165, 1.54) is 43.5 Å². The molecule has 1 heterocycles. The highest BCUT2D eigenvalue weighted by Crippen LogP contribution is 2.14. The van der Waals surface area contributed by atoms with Crippen LogP contribution in [0.5, 0.6) is 0 Å². The number of hydrogen-bond donors (Lipinski definition) is 1. The Morgan fingerprint density at radius 2 is 1.64 bits per heavy atom. The van der Waals surface area contributed by atoms with E-state index in [2.05, 4.69) is 34.5 Å². The first-order valence-electron chi connectivity index (χ1n) is 9.32. The minimum absolute atomic E-state index is 0.0756. The number of amides is 1. The zero-order chi connectivity index (χ0) is 17.5. The van der Waals surface area contributed by atoms with Crippen LogP contribution in [-0.4, -0.2) is 23.9 Å². The second-order valence-electron chi connectivity index (χ2n) is 7.03. The normalized spacial score (nSPS) is 15.1. The standard InChI is InChI=1S/C22H28N2O/c1-18-7-3-4-8-21(18)15-22(25)23-16-19-9-11-20(12-10-19)17-24-13-5-2-6-14-24/h3-4,7-12H,2,5-6,13-17H2,1H3,(H,23,25). The Hall–Kier alpha value is -2.13. The highest BCUT2D eigenvalue weighted by atomic mass is 16.1. The number of carbonyl (C=O) groups excluding carboxylic acids is 1. The van der Waals surface area contributed by atoms with Crippen molar-refractivity contribution >= 4 is 5.91 Å². The molecule has 132 valence electrons. The molecule has 1 saturated heterocycles. The second-order valence-corrected chi connectivity index (χ2v) is 7.03. The molecule has 0 radical (unpaired) electrons. The van der Waals surface area contributed by atoms with Gasteiger partial charge in [-0.3, -0.25) is 9.69 Å². The van der Waals surface area contributed by atoms with Gasteiger partial charge in [-0.05, 0) is 55.1 Å². The van der Waals surface area contributed by atoms with E-state index in [0.717, 1.165) is 17.7 Å². The lowest BCUT2D eigenvalue weighted by atomic mass is 10.1. The summed E-state index contributed by atoms with van der Waals surface area (Å²) >= 11 is 0. The van der Waals surface area contributed by atoms with Crippen molar-refractivity contribution in [2.75, 3.05) is 13.1 Å². The lowest BCUT2D eigenvalue weighted by Crippen LogP contribution is -2.29. The van der Waals surface area contributed by atoms with Crippen LogP contribution >= 0.6 is 0 Å². The molecule has 0 aliphatic carbocycles. The van der Waals surface area contributed by atoms with Gasteiger partial charge in [0.05, 0.1) is 6.42 Å². The average molecular weight is 336 g/mol. The minimum atomic E-state index is 0.0756. The fourth-order valence-corrected chi connectivity index (χ4v) is 3.38. The summed E-state index contributed by atoms with van der Waals surface area (Å²) in [5.41, 5.74) is 4.77. The van der Waals surface area contributed by atoms with Crippen molar-refractivity contribution in [2.45, 2.75) is 45.7 Å². The molecule has 0 saturated carbocycles. The predicted molar refractivity (Wildman–Crippen MR) is 102 cm³/mol. The Morgan fingerprint density at radius 1 is 0.960 bits per heavy atom. The zero-order valence-electron chi connectivity index (χ0n) is 15.1. The van der Waals surface area contributed by atoms with Crippen LogP contribution in [0.3, 0.4) is 0 Å². The van der Waals surface area contributed by atoms with Crippen molar-refractivity contribution in [3.05, 3.63) is 70.8 Å². The SMILES string of the molecule is Cc1ccccc1CC(=O)NCc1ccc(CN2CCCCC2)cc1. The number of likely N-dealkylation sites (tertiary alicyclic amines) is 1. The number of aryl methyl sites for hydroxylation is 1. The van der Waals surface area contributed by atoms with Gasteiger partial charge in [0.1, 0.15) is 0 Å². The molecule has 3 rings (SSSR count). The molecule has 0 spiro atoms. The van der Waals surface area contributed by atoms with Crippen molar-refractivity contribution < 1.29 is 4.79 Å². The molecule has 25 heavy (non-hydrogen) atoms. The zero-order valence-corrected chi connectivity index (χ0v) is 15.1. The van der Waals surface area contributed by atoms with Crippen LogP contribution in [0.2, 0.25) is 0 Å². The summed E-state index contributed by atoms with van der Waals surface area (Å²) in [7, 11) is 0. The maximum Gasteiger partial charge on any atom is 0.224 e. The monoisotopic (exact) mass is 336 g/mol. The topological polar surface area (TPSA) is 32.3 Å². The van der Waals surface area contributed by atoms with E-state index in [-0.39, 0.29) is 5.91 Å². The highest BCUT2D eigenvalue weighted by Gasteiger charge is 2.10. The molecule has 1 amide bonds. The fourth-order valence-electron chi connectivity index (χ4n) is 3.38. The number of nitrogens with zero attached hydrogens (tertiary/aromatic N) is 1. The summed E-state index contributed by atoms with van der Waals surface area (Å²) in [6, 6.07) is 16.7. The van der Waals surface area contributed by atoms with E-state index in [9.17, 15) is 4.79 Å². The molecule has 2 aromatic rings. The molecule has 1 aliphatic heterocycles. The van der Waals surface area contributed by atoms with E-state index in [0.29, 0.717) is 13.0 Å². The molecule has 1 fully saturated rings. The first-order valence-corrected chi connectivity index (χ1v) is 9.32. The third-order valence-electron chi connectivity index (χ3n) is 4.98. The van der Waals surface area contributed by atoms with Crippen molar-refractivity contribution in [3.63, 3.8) is 0 Å². The lowest BCUT2D eigenvalue weighted by molar-refractivity contribution is -0.120. The van der Waals surface area contributed by atoms with Gasteiger partial charge in [-0.2, -0.15) is 0 Å². The predicted octanol–water partition coefficient (Wildman–Crippen LogP) is 3.84. The molecule has 1 aliphatic rings. The van der Waals surface area contributed by atoms with E-state index < -0.39 is 0 Å². The molecule has 3 nitrogen and oxygen atoms in total. The summed E-state index contributed by atoms with van der Waals surface area (Å²) in [5.74, 6) is 0.0756. The van der Waals surface area contributed by atoms with Gasteiger partial charge in [0.2, 0.25) is 5.91 Å². The third kappa shape index (κ3) is 5.43. The summed E-state index contributed by atoms with van der Waals surface area (Å²) < 4.78 is 0. The number of carbonyl (C=O) groups is 1. The first-order chi connectivity index (χ1) is 12.2. The van der Waals surface area contributed by atoms with Gasteiger partial charge in [0, 0.05) is 13.1 Å². The molecule has 0 unspecified atom stereocenters. The molecule has 1 N–H and O–H groups in total. The smallest absolute Gasteiger partial charge is 0.224 e. The van der Waals surface area contributed by atoms with Gasteiger partial charge < -0.3 is 5.32 Å². The van der Waals surface area contributed by atoms with Gasteiger partial charge in [-0.25, -0.2) is 0 Å². The van der Waals surface area contributed by atoms with Crippen LogP contribution in [0.25, 0.3) is 0 Å². The van der Waals surface area contributed by atoms with E-state index in [1.807, 2.05) is 31.2 Å². The van der Waals surface area contributed by atoms with Crippen LogP contribution in [0, 0.1) is 6.92 Å². The minimum Gasteiger partial charge on any atom is -0.352 e. The van der Waals surface area contributed by atoms with Gasteiger partial charge in [-0.15, -0.1) is 0 Å². The quantitative estimate of drug-likeness (QED) is 0.869. The lowest BCUT2D eigenvalue weighted by Gasteiger charge is -2.26. The fraction of sp³-hybridized carbons (Fsp3) is 0.409. The van der Waals surface area contributed by atoms with E-state index in [4.69, 9.17) is 0 Å². The van der Waals surface area contributed by atoms with Gasteiger partial charge >= 0.3 is 0 Å². The summed E-state index contributed by atoms with van der Waals surface area (Å²) in [5, 5.41) is 3.03. The largest absolute Gasteiger partial charge is 0.352 e. The van der Waals surface area contributed by atoms with Crippen LogP contribution in [0.15, 0.2) is 48.5 Å². The molecule has 0 atom stereocenters. The Labute approximate surface area is 151 Å². The maximum atomic E-state index is 12.1. The van der Waals surface area contributed by atoms with Crippen molar-refractivity contribution in [3.8, 4) is 0 Å². The average Bonchev–Trinajstić information content (AvgIpc) is 2.64. The molecular formula is C22H28N2O. The van der Waals surface area contributed by atoms with Crippen LogP contribution < -0.4 is 5.32 Å². The number of hydrogen-bond acceptors (Lipinski definition) is 2. The summed E-state index contributed by atoms with van der Waals surface area (Å²) in [4.78, 5) is 14.7. The van der Waals surface area contributed by atoms with Crippen molar-refractivity contribution in [1.29, 1.82) is 0 Å². The van der Waals surface area contributed by atoms with E-state index in [1.54, 1.807) is 0 Å². The number of nitrogens with one attached hydrogen (secondary N) is 1. The Bertz CT molecular complexity index is 687. The number of rotatable bonds is 6. The van der Waals surface area contributed by atoms with Crippen molar-refractivity contribution in [2.24, 2.45) is 0 Å². The molecule has 0 aromatic heterocycles. The summed E-state index contributed by atoms with van der Waals surface area (Å²) in [6.45, 7) is 6.12. The molecular weight excluding hydrogens is 308 g/mol. The van der Waals surface area contributed by atoms with Crippen LogP contribution in [0.4, 0.5) is 0 Å². The Kier molecular flexibility index (Phi) is 6.24. The van der Waals surface area contributed by atoms with E-state index >= 15 is 0 Å². The highest BCUT2D eigenvalue weighted by molar-refractivity contribution is 5.78. The molecule has 2 aromatic carbocycles. The van der Waals surface area contributed by atoms with Gasteiger partial charge in [0.15, 0.2) is 0 Å². The van der Waals surface area contributed by atoms with Crippen LogP contribution in [-0.2, 0) is 24.3 Å². The third-order valence-corrected chi connectivity index (χ3v) is 4.98. The first kappa shape index (κ1) is 17.7. The summed E-state index contributed by atoms with van der Waals surface area (Å²) in [6.07, 6.45) is 4.47. The molecule has 0 bridgehead atoms. The van der Waals surface area contributed by atoms with Crippen LogP contribution in [0.1, 0.15) is 41.5 Å².